The molecule has 1 atom stereocenters. The van der Waals surface area contributed by atoms with Crippen LogP contribution >= 0.6 is 11.3 Å². The third-order valence-corrected chi connectivity index (χ3v) is 6.32. The minimum Gasteiger partial charge on any atom is -0.340 e. The van der Waals surface area contributed by atoms with Gasteiger partial charge in [-0.3, -0.25) is 9.59 Å². The zero-order valence-electron chi connectivity index (χ0n) is 19.1. The van der Waals surface area contributed by atoms with E-state index in [1.54, 1.807) is 30.3 Å². The summed E-state index contributed by atoms with van der Waals surface area (Å²) < 4.78 is 0. The Hall–Kier alpha value is -3.96. The zero-order chi connectivity index (χ0) is 23.9. The first-order valence-corrected chi connectivity index (χ1v) is 11.9. The van der Waals surface area contributed by atoms with Crippen LogP contribution < -0.4 is 10.6 Å². The molecule has 0 fully saturated rings. The molecule has 4 aromatic rings. The first kappa shape index (κ1) is 23.2. The number of carbonyl (C=O) groups excluding carboxylic acids is 2. The Morgan fingerprint density at radius 3 is 2.21 bits per heavy atom. The smallest absolute Gasteiger partial charge is 0.268 e. The highest BCUT2D eigenvalue weighted by atomic mass is 32.1. The Balaban J connectivity index is 1.68. The summed E-state index contributed by atoms with van der Waals surface area (Å²) in [5, 5.41) is 7.92. The van der Waals surface area contributed by atoms with E-state index < -0.39 is 0 Å². The molecule has 34 heavy (non-hydrogen) atoms. The molecule has 0 saturated heterocycles. The third-order valence-electron chi connectivity index (χ3n) is 5.50. The number of carbonyl (C=O) groups is 2. The van der Waals surface area contributed by atoms with Crippen LogP contribution in [0.4, 0.5) is 0 Å². The van der Waals surface area contributed by atoms with Crippen molar-refractivity contribution in [1.29, 1.82) is 0 Å². The molecular weight excluding hydrogens is 440 g/mol. The van der Waals surface area contributed by atoms with Crippen molar-refractivity contribution in [3.8, 4) is 0 Å². The Morgan fingerprint density at radius 1 is 0.853 bits per heavy atom. The number of thiophene rings is 1. The van der Waals surface area contributed by atoms with Crippen LogP contribution in [0, 0.1) is 13.8 Å². The van der Waals surface area contributed by atoms with Gasteiger partial charge in [0.25, 0.3) is 11.8 Å². The van der Waals surface area contributed by atoms with E-state index in [1.807, 2.05) is 79.9 Å². The number of benzene rings is 3. The number of rotatable bonds is 7. The summed E-state index contributed by atoms with van der Waals surface area (Å²) in [7, 11) is 0. The van der Waals surface area contributed by atoms with Gasteiger partial charge in [-0.2, -0.15) is 0 Å². The molecule has 2 N–H and O–H groups in total. The van der Waals surface area contributed by atoms with Gasteiger partial charge >= 0.3 is 0 Å². The predicted molar refractivity (Wildman–Crippen MR) is 139 cm³/mol. The molecule has 0 radical (unpaired) electrons. The number of aryl methyl sites for hydroxylation is 2. The molecule has 170 valence electrons. The molecule has 1 heterocycles. The Labute approximate surface area is 204 Å². The molecule has 0 aliphatic heterocycles. The molecule has 0 saturated carbocycles. The fraction of sp³-hybridized carbons (Fsp3) is 0.103. The first-order chi connectivity index (χ1) is 16.5. The summed E-state index contributed by atoms with van der Waals surface area (Å²) in [4.78, 5) is 27.3. The number of hydrogen-bond donors (Lipinski definition) is 2. The molecule has 2 amide bonds. The minimum absolute atomic E-state index is 0.196. The van der Waals surface area contributed by atoms with Crippen LogP contribution in [0.5, 0.6) is 0 Å². The average molecular weight is 467 g/mol. The summed E-state index contributed by atoms with van der Waals surface area (Å²) >= 11 is 1.50. The lowest BCUT2D eigenvalue weighted by Crippen LogP contribution is -2.37. The van der Waals surface area contributed by atoms with Crippen molar-refractivity contribution < 1.29 is 9.59 Å². The molecule has 0 aliphatic rings. The number of amides is 2. The van der Waals surface area contributed by atoms with Crippen LogP contribution in [-0.2, 0) is 4.79 Å². The Kier molecular flexibility index (Phi) is 7.35. The van der Waals surface area contributed by atoms with E-state index in [1.165, 1.54) is 11.3 Å². The second-order valence-electron chi connectivity index (χ2n) is 8.07. The van der Waals surface area contributed by atoms with E-state index in [4.69, 9.17) is 0 Å². The van der Waals surface area contributed by atoms with E-state index in [9.17, 15) is 9.59 Å². The first-order valence-electron chi connectivity index (χ1n) is 11.1. The topological polar surface area (TPSA) is 58.2 Å². The fourth-order valence-electron chi connectivity index (χ4n) is 3.80. The Bertz CT molecular complexity index is 1300. The molecule has 1 unspecified atom stereocenters. The Morgan fingerprint density at radius 2 is 1.56 bits per heavy atom. The highest BCUT2D eigenvalue weighted by Gasteiger charge is 2.22. The molecular formula is C29H26N2O2S. The highest BCUT2D eigenvalue weighted by Crippen LogP contribution is 2.26. The molecule has 0 aliphatic carbocycles. The third kappa shape index (κ3) is 5.69. The van der Waals surface area contributed by atoms with E-state index >= 15 is 0 Å². The van der Waals surface area contributed by atoms with E-state index in [2.05, 4.69) is 16.7 Å². The van der Waals surface area contributed by atoms with Gasteiger partial charge in [-0.1, -0.05) is 78.4 Å². The van der Waals surface area contributed by atoms with Crippen molar-refractivity contribution in [1.82, 2.24) is 10.6 Å². The average Bonchev–Trinajstić information content (AvgIpc) is 3.37. The molecule has 1 aromatic heterocycles. The van der Waals surface area contributed by atoms with Crippen molar-refractivity contribution >= 4 is 29.2 Å². The van der Waals surface area contributed by atoms with Crippen molar-refractivity contribution in [3.63, 3.8) is 0 Å². The highest BCUT2D eigenvalue weighted by molar-refractivity contribution is 7.10. The SMILES string of the molecule is Cc1ccc(C(NC(=O)/C(=C/c2cccs2)NC(=O)c2ccccc2)c2ccccc2)c(C)c1. The summed E-state index contributed by atoms with van der Waals surface area (Å²) in [6.45, 7) is 4.10. The lowest BCUT2D eigenvalue weighted by molar-refractivity contribution is -0.118. The standard InChI is InChI=1S/C29H26N2O2S/c1-20-15-16-25(21(2)18-20)27(22-10-5-3-6-11-22)31-29(33)26(19-24-14-9-17-34-24)30-28(32)23-12-7-4-8-13-23/h3-19,27H,1-2H3,(H,30,32)(H,31,33)/b26-19-. The summed E-state index contributed by atoms with van der Waals surface area (Å²) in [6, 6.07) is 28.4. The van der Waals surface area contributed by atoms with Gasteiger partial charge in [0, 0.05) is 10.4 Å². The zero-order valence-corrected chi connectivity index (χ0v) is 19.9. The molecule has 0 spiro atoms. The molecule has 4 rings (SSSR count). The van der Waals surface area contributed by atoms with Gasteiger partial charge in [-0.05, 0) is 60.2 Å². The van der Waals surface area contributed by atoms with E-state index in [0.717, 1.165) is 27.1 Å². The summed E-state index contributed by atoms with van der Waals surface area (Å²) in [6.07, 6.45) is 1.71. The van der Waals surface area contributed by atoms with Crippen molar-refractivity contribution in [3.05, 3.63) is 135 Å². The van der Waals surface area contributed by atoms with Crippen molar-refractivity contribution in [2.75, 3.05) is 0 Å². The maximum absolute atomic E-state index is 13.6. The van der Waals surface area contributed by atoms with Gasteiger partial charge in [-0.25, -0.2) is 0 Å². The lowest BCUT2D eigenvalue weighted by atomic mass is 9.93. The van der Waals surface area contributed by atoms with Crippen LogP contribution in [0.3, 0.4) is 0 Å². The normalized spacial score (nSPS) is 12.1. The van der Waals surface area contributed by atoms with Crippen LogP contribution in [0.25, 0.3) is 6.08 Å². The predicted octanol–water partition coefficient (Wildman–Crippen LogP) is 6.04. The maximum Gasteiger partial charge on any atom is 0.268 e. The summed E-state index contributed by atoms with van der Waals surface area (Å²) in [5.74, 6) is -0.687. The van der Waals surface area contributed by atoms with Gasteiger partial charge in [0.15, 0.2) is 0 Å². The van der Waals surface area contributed by atoms with Gasteiger partial charge in [0.1, 0.15) is 5.70 Å². The quantitative estimate of drug-likeness (QED) is 0.326. The molecule has 4 nitrogen and oxygen atoms in total. The molecule has 5 heteroatoms. The van der Waals surface area contributed by atoms with Crippen LogP contribution in [0.2, 0.25) is 0 Å². The van der Waals surface area contributed by atoms with Crippen molar-refractivity contribution in [2.45, 2.75) is 19.9 Å². The lowest BCUT2D eigenvalue weighted by Gasteiger charge is -2.23. The van der Waals surface area contributed by atoms with Crippen LogP contribution in [-0.4, -0.2) is 11.8 Å². The second-order valence-corrected chi connectivity index (χ2v) is 9.05. The van der Waals surface area contributed by atoms with Gasteiger partial charge < -0.3 is 10.6 Å². The monoisotopic (exact) mass is 466 g/mol. The molecule has 3 aromatic carbocycles. The summed E-state index contributed by atoms with van der Waals surface area (Å²) in [5.41, 5.74) is 4.91. The van der Waals surface area contributed by atoms with Crippen LogP contribution in [0.15, 0.2) is 102 Å². The fourth-order valence-corrected chi connectivity index (χ4v) is 4.46. The number of hydrogen-bond acceptors (Lipinski definition) is 3. The number of nitrogens with one attached hydrogen (secondary N) is 2. The maximum atomic E-state index is 13.6. The van der Waals surface area contributed by atoms with Gasteiger partial charge in [0.2, 0.25) is 0 Å². The van der Waals surface area contributed by atoms with E-state index in [-0.39, 0.29) is 23.6 Å². The van der Waals surface area contributed by atoms with Crippen molar-refractivity contribution in [2.24, 2.45) is 0 Å². The van der Waals surface area contributed by atoms with Crippen LogP contribution in [0.1, 0.15) is 43.5 Å². The minimum atomic E-state index is -0.366. The van der Waals surface area contributed by atoms with Gasteiger partial charge in [-0.15, -0.1) is 11.3 Å². The van der Waals surface area contributed by atoms with E-state index in [0.29, 0.717) is 5.56 Å². The molecule has 0 bridgehead atoms. The second kappa shape index (κ2) is 10.8. The van der Waals surface area contributed by atoms with Gasteiger partial charge in [0.05, 0.1) is 6.04 Å². The largest absolute Gasteiger partial charge is 0.340 e.